The van der Waals surface area contributed by atoms with E-state index in [1.807, 2.05) is 13.0 Å². The zero-order valence-corrected chi connectivity index (χ0v) is 13.8. The largest absolute Gasteiger partial charge is 0.338 e. The topological polar surface area (TPSA) is 54.5 Å². The molecule has 1 fully saturated rings. The van der Waals surface area contributed by atoms with Gasteiger partial charge in [0.15, 0.2) is 9.84 Å². The Morgan fingerprint density at radius 2 is 2.18 bits per heavy atom. The highest BCUT2D eigenvalue weighted by molar-refractivity contribution is 7.91. The standard InChI is InChI=1S/C16H22FNO3S/c1-12(8-14-4-3-5-15(17)10-14)9-16(19)18-6-7-22(20,21)11-13(18)2/h3-5,10,12-13H,6-9,11H2,1-2H3. The summed E-state index contributed by atoms with van der Waals surface area (Å²) in [6, 6.07) is 6.12. The first-order valence-electron chi connectivity index (χ1n) is 7.51. The van der Waals surface area contributed by atoms with Gasteiger partial charge in [-0.15, -0.1) is 0 Å². The summed E-state index contributed by atoms with van der Waals surface area (Å²) in [4.78, 5) is 14.0. The van der Waals surface area contributed by atoms with Crippen molar-refractivity contribution in [3.8, 4) is 0 Å². The SMILES string of the molecule is CC(CC(=O)N1CCS(=O)(=O)CC1C)Cc1cccc(F)c1. The lowest BCUT2D eigenvalue weighted by Crippen LogP contribution is -2.50. The average Bonchev–Trinajstić information content (AvgIpc) is 2.36. The van der Waals surface area contributed by atoms with Crippen LogP contribution < -0.4 is 0 Å². The van der Waals surface area contributed by atoms with E-state index in [1.165, 1.54) is 12.1 Å². The van der Waals surface area contributed by atoms with Crippen molar-refractivity contribution in [2.75, 3.05) is 18.1 Å². The minimum atomic E-state index is -3.02. The van der Waals surface area contributed by atoms with E-state index in [4.69, 9.17) is 0 Å². The maximum absolute atomic E-state index is 13.2. The van der Waals surface area contributed by atoms with Gasteiger partial charge in [-0.3, -0.25) is 4.79 Å². The number of sulfone groups is 1. The van der Waals surface area contributed by atoms with Crippen LogP contribution in [0.3, 0.4) is 0 Å². The first-order chi connectivity index (χ1) is 10.3. The second kappa shape index (κ2) is 6.77. The highest BCUT2D eigenvalue weighted by Gasteiger charge is 2.31. The third-order valence-corrected chi connectivity index (χ3v) is 5.78. The van der Waals surface area contributed by atoms with Gasteiger partial charge in [-0.1, -0.05) is 19.1 Å². The van der Waals surface area contributed by atoms with Crippen LogP contribution in [-0.2, 0) is 21.1 Å². The fourth-order valence-corrected chi connectivity index (χ4v) is 4.48. The Morgan fingerprint density at radius 3 is 2.82 bits per heavy atom. The van der Waals surface area contributed by atoms with Gasteiger partial charge in [0, 0.05) is 19.0 Å². The lowest BCUT2D eigenvalue weighted by atomic mass is 9.97. The Kier molecular flexibility index (Phi) is 5.21. The molecule has 1 heterocycles. The molecule has 4 nitrogen and oxygen atoms in total. The quantitative estimate of drug-likeness (QED) is 0.850. The van der Waals surface area contributed by atoms with Gasteiger partial charge in [0.1, 0.15) is 5.82 Å². The molecule has 0 aliphatic carbocycles. The van der Waals surface area contributed by atoms with Crippen LogP contribution in [0.5, 0.6) is 0 Å². The molecule has 6 heteroatoms. The van der Waals surface area contributed by atoms with Crippen LogP contribution >= 0.6 is 0 Å². The molecule has 122 valence electrons. The van der Waals surface area contributed by atoms with E-state index in [0.29, 0.717) is 12.8 Å². The summed E-state index contributed by atoms with van der Waals surface area (Å²) in [6.07, 6.45) is 0.977. The molecule has 0 aromatic heterocycles. The fraction of sp³-hybridized carbons (Fsp3) is 0.562. The Labute approximate surface area is 131 Å². The lowest BCUT2D eigenvalue weighted by molar-refractivity contribution is -0.133. The minimum absolute atomic E-state index is 0.0219. The van der Waals surface area contributed by atoms with Crippen LogP contribution in [0.1, 0.15) is 25.8 Å². The summed E-state index contributed by atoms with van der Waals surface area (Å²) in [5, 5.41) is 0. The molecule has 0 radical (unpaired) electrons. The predicted molar refractivity (Wildman–Crippen MR) is 83.7 cm³/mol. The number of hydrogen-bond acceptors (Lipinski definition) is 3. The molecule has 1 amide bonds. The molecule has 1 aliphatic heterocycles. The molecule has 22 heavy (non-hydrogen) atoms. The van der Waals surface area contributed by atoms with Crippen molar-refractivity contribution < 1.29 is 17.6 Å². The Balaban J connectivity index is 1.91. The minimum Gasteiger partial charge on any atom is -0.338 e. The Hall–Kier alpha value is -1.43. The fourth-order valence-electron chi connectivity index (χ4n) is 2.92. The first kappa shape index (κ1) is 16.9. The van der Waals surface area contributed by atoms with Crippen LogP contribution in [0.25, 0.3) is 0 Å². The summed E-state index contributed by atoms with van der Waals surface area (Å²) >= 11 is 0. The zero-order valence-electron chi connectivity index (χ0n) is 13.0. The van der Waals surface area contributed by atoms with Crippen molar-refractivity contribution in [3.05, 3.63) is 35.6 Å². The highest BCUT2D eigenvalue weighted by atomic mass is 32.2. The smallest absolute Gasteiger partial charge is 0.223 e. The number of benzene rings is 1. The second-order valence-corrected chi connectivity index (χ2v) is 8.42. The monoisotopic (exact) mass is 327 g/mol. The van der Waals surface area contributed by atoms with E-state index in [-0.39, 0.29) is 41.7 Å². The summed E-state index contributed by atoms with van der Waals surface area (Å²) in [6.45, 7) is 4.00. The van der Waals surface area contributed by atoms with Gasteiger partial charge in [-0.05, 0) is 37.0 Å². The Morgan fingerprint density at radius 1 is 1.45 bits per heavy atom. The number of halogens is 1. The van der Waals surface area contributed by atoms with Crippen LogP contribution in [-0.4, -0.2) is 43.3 Å². The van der Waals surface area contributed by atoms with Crippen LogP contribution in [0.4, 0.5) is 4.39 Å². The summed E-state index contributed by atoms with van der Waals surface area (Å²) in [7, 11) is -3.02. The summed E-state index contributed by atoms with van der Waals surface area (Å²) in [5.74, 6) is -0.129. The molecule has 1 aliphatic rings. The van der Waals surface area contributed by atoms with Crippen LogP contribution in [0.15, 0.2) is 24.3 Å². The van der Waals surface area contributed by atoms with Gasteiger partial charge < -0.3 is 4.90 Å². The van der Waals surface area contributed by atoms with E-state index in [0.717, 1.165) is 5.56 Å². The van der Waals surface area contributed by atoms with Crippen molar-refractivity contribution in [2.45, 2.75) is 32.7 Å². The van der Waals surface area contributed by atoms with Crippen molar-refractivity contribution in [1.82, 2.24) is 4.90 Å². The van der Waals surface area contributed by atoms with Gasteiger partial charge >= 0.3 is 0 Å². The van der Waals surface area contributed by atoms with Gasteiger partial charge in [-0.2, -0.15) is 0 Å². The number of carbonyl (C=O) groups is 1. The van der Waals surface area contributed by atoms with Crippen molar-refractivity contribution in [3.63, 3.8) is 0 Å². The van der Waals surface area contributed by atoms with Crippen LogP contribution in [0.2, 0.25) is 0 Å². The van der Waals surface area contributed by atoms with Gasteiger partial charge in [-0.25, -0.2) is 12.8 Å². The lowest BCUT2D eigenvalue weighted by Gasteiger charge is -2.34. The number of amides is 1. The zero-order chi connectivity index (χ0) is 16.3. The number of hydrogen-bond donors (Lipinski definition) is 0. The predicted octanol–water partition coefficient (Wildman–Crippen LogP) is 2.04. The third kappa shape index (κ3) is 4.53. The maximum Gasteiger partial charge on any atom is 0.223 e. The molecular weight excluding hydrogens is 305 g/mol. The van der Waals surface area contributed by atoms with E-state index in [2.05, 4.69) is 0 Å². The van der Waals surface area contributed by atoms with E-state index in [1.54, 1.807) is 17.9 Å². The highest BCUT2D eigenvalue weighted by Crippen LogP contribution is 2.18. The maximum atomic E-state index is 13.2. The molecule has 2 rings (SSSR count). The molecule has 2 unspecified atom stereocenters. The van der Waals surface area contributed by atoms with Crippen molar-refractivity contribution in [1.29, 1.82) is 0 Å². The normalized spacial score (nSPS) is 22.3. The molecule has 1 aromatic rings. The second-order valence-electron chi connectivity index (χ2n) is 6.19. The van der Waals surface area contributed by atoms with Crippen LogP contribution in [0, 0.1) is 11.7 Å². The number of carbonyl (C=O) groups excluding carboxylic acids is 1. The van der Waals surface area contributed by atoms with Gasteiger partial charge in [0.05, 0.1) is 11.5 Å². The average molecular weight is 327 g/mol. The summed E-state index contributed by atoms with van der Waals surface area (Å²) in [5.41, 5.74) is 0.870. The van der Waals surface area contributed by atoms with Gasteiger partial charge in [0.25, 0.3) is 0 Å². The molecule has 0 saturated carbocycles. The molecule has 0 bridgehead atoms. The van der Waals surface area contributed by atoms with Gasteiger partial charge in [0.2, 0.25) is 5.91 Å². The molecule has 1 saturated heterocycles. The van der Waals surface area contributed by atoms with E-state index < -0.39 is 9.84 Å². The molecular formula is C16H22FNO3S. The first-order valence-corrected chi connectivity index (χ1v) is 9.33. The Bertz CT molecular complexity index is 645. The third-order valence-electron chi connectivity index (χ3n) is 3.99. The van der Waals surface area contributed by atoms with E-state index in [9.17, 15) is 17.6 Å². The van der Waals surface area contributed by atoms with E-state index >= 15 is 0 Å². The summed E-state index contributed by atoms with van der Waals surface area (Å²) < 4.78 is 36.3. The van der Waals surface area contributed by atoms with Crippen molar-refractivity contribution in [2.24, 2.45) is 5.92 Å². The number of rotatable bonds is 4. The molecule has 2 atom stereocenters. The molecule has 1 aromatic carbocycles. The molecule has 0 N–H and O–H groups in total. The molecule has 0 spiro atoms. The van der Waals surface area contributed by atoms with Crippen molar-refractivity contribution >= 4 is 15.7 Å². The number of nitrogens with zero attached hydrogens (tertiary/aromatic N) is 1.